The van der Waals surface area contributed by atoms with E-state index >= 15 is 0 Å². The lowest BCUT2D eigenvalue weighted by Crippen LogP contribution is -2.36. The van der Waals surface area contributed by atoms with Gasteiger partial charge in [0.05, 0.1) is 49.7 Å². The van der Waals surface area contributed by atoms with Crippen LogP contribution in [0.15, 0.2) is 55.1 Å². The van der Waals surface area contributed by atoms with Gasteiger partial charge in [0.15, 0.2) is 0 Å². The van der Waals surface area contributed by atoms with Crippen molar-refractivity contribution >= 4 is 11.3 Å². The molecular weight excluding hydrogens is 378 g/mol. The molecule has 0 spiro atoms. The van der Waals surface area contributed by atoms with Crippen LogP contribution in [0.4, 0.5) is 5.69 Å². The maximum Gasteiger partial charge on any atom is 0.149 e. The first-order chi connectivity index (χ1) is 14.8. The van der Waals surface area contributed by atoms with E-state index < -0.39 is 0 Å². The van der Waals surface area contributed by atoms with Crippen molar-refractivity contribution in [3.05, 3.63) is 55.1 Å². The summed E-state index contributed by atoms with van der Waals surface area (Å²) in [5.74, 6) is 0.778. The van der Waals surface area contributed by atoms with E-state index in [1.54, 1.807) is 17.1 Å². The van der Waals surface area contributed by atoms with Crippen LogP contribution in [0.25, 0.3) is 28.3 Å². The zero-order valence-electron chi connectivity index (χ0n) is 16.5. The molecule has 0 atom stereocenters. The van der Waals surface area contributed by atoms with E-state index in [1.807, 2.05) is 22.9 Å². The first kappa shape index (κ1) is 18.3. The summed E-state index contributed by atoms with van der Waals surface area (Å²) in [5, 5.41) is 13.2. The second-order valence-electron chi connectivity index (χ2n) is 7.17. The van der Waals surface area contributed by atoms with Gasteiger partial charge in [0.2, 0.25) is 0 Å². The Labute approximate surface area is 174 Å². The molecule has 1 fully saturated rings. The second kappa shape index (κ2) is 7.97. The van der Waals surface area contributed by atoms with E-state index in [2.05, 4.69) is 45.3 Å². The van der Waals surface area contributed by atoms with Crippen LogP contribution in [0, 0.1) is 11.3 Å². The minimum atomic E-state index is 0.421. The molecule has 4 aromatic rings. The Kier molecular flexibility index (Phi) is 4.87. The van der Waals surface area contributed by atoms with Crippen LogP contribution in [0.3, 0.4) is 0 Å². The number of aryl methyl sites for hydroxylation is 1. The molecule has 3 aromatic heterocycles. The fourth-order valence-electron chi connectivity index (χ4n) is 3.71. The van der Waals surface area contributed by atoms with Crippen LogP contribution in [0.5, 0.6) is 0 Å². The number of morpholine rings is 1. The van der Waals surface area contributed by atoms with E-state index in [4.69, 9.17) is 15.0 Å². The molecule has 5 rings (SSSR count). The van der Waals surface area contributed by atoms with Crippen molar-refractivity contribution in [2.24, 2.45) is 0 Å². The molecule has 0 saturated carbocycles. The van der Waals surface area contributed by atoms with Crippen molar-refractivity contribution in [2.45, 2.75) is 13.0 Å². The second-order valence-corrected chi connectivity index (χ2v) is 7.17. The lowest BCUT2D eigenvalue weighted by atomic mass is 10.1. The smallest absolute Gasteiger partial charge is 0.149 e. The summed E-state index contributed by atoms with van der Waals surface area (Å²) in [6.45, 7) is 3.93. The van der Waals surface area contributed by atoms with Crippen molar-refractivity contribution in [3.63, 3.8) is 0 Å². The third kappa shape index (κ3) is 3.51. The number of hydrogen-bond acceptors (Lipinski definition) is 6. The summed E-state index contributed by atoms with van der Waals surface area (Å²) in [6, 6.07) is 12.6. The first-order valence-electron chi connectivity index (χ1n) is 9.99. The van der Waals surface area contributed by atoms with E-state index in [0.717, 1.165) is 54.6 Å². The van der Waals surface area contributed by atoms with Gasteiger partial charge in [-0.3, -0.25) is 9.08 Å². The van der Waals surface area contributed by atoms with Gasteiger partial charge in [-0.25, -0.2) is 9.97 Å². The highest BCUT2D eigenvalue weighted by Crippen LogP contribution is 2.27. The van der Waals surface area contributed by atoms with Gasteiger partial charge in [-0.05, 0) is 12.1 Å². The fraction of sp³-hybridized carbons (Fsp3) is 0.273. The molecule has 8 heteroatoms. The van der Waals surface area contributed by atoms with Crippen LogP contribution in [-0.4, -0.2) is 50.5 Å². The largest absolute Gasteiger partial charge is 0.378 e. The predicted octanol–water partition coefficient (Wildman–Crippen LogP) is 3.01. The maximum atomic E-state index is 8.81. The Balaban J connectivity index is 1.49. The summed E-state index contributed by atoms with van der Waals surface area (Å²) in [7, 11) is 0. The molecule has 0 unspecified atom stereocenters. The van der Waals surface area contributed by atoms with Gasteiger partial charge < -0.3 is 9.64 Å². The molecule has 30 heavy (non-hydrogen) atoms. The lowest BCUT2D eigenvalue weighted by molar-refractivity contribution is 0.122. The number of nitriles is 1. The quantitative estimate of drug-likeness (QED) is 0.513. The molecule has 0 amide bonds. The highest BCUT2D eigenvalue weighted by Gasteiger charge is 2.14. The Morgan fingerprint density at radius 1 is 1.10 bits per heavy atom. The molecule has 4 heterocycles. The van der Waals surface area contributed by atoms with Gasteiger partial charge in [-0.1, -0.05) is 12.1 Å². The molecule has 1 saturated heterocycles. The standard InChI is InChI=1S/C22H21N7O/c23-6-1-8-28-16-18(15-25-28)22-26-20(14-21-24-7-9-29(21)22)17-2-4-19(5-3-17)27-10-12-30-13-11-27/h2-5,7,9,14-16H,1,8,10-13H2. The number of anilines is 1. The lowest BCUT2D eigenvalue weighted by Gasteiger charge is -2.28. The highest BCUT2D eigenvalue weighted by atomic mass is 16.5. The summed E-state index contributed by atoms with van der Waals surface area (Å²) >= 11 is 0. The summed E-state index contributed by atoms with van der Waals surface area (Å²) < 4.78 is 9.17. The van der Waals surface area contributed by atoms with E-state index in [-0.39, 0.29) is 0 Å². The van der Waals surface area contributed by atoms with Gasteiger partial charge >= 0.3 is 0 Å². The summed E-state index contributed by atoms with van der Waals surface area (Å²) in [6.07, 6.45) is 7.79. The van der Waals surface area contributed by atoms with Crippen molar-refractivity contribution in [3.8, 4) is 28.7 Å². The minimum Gasteiger partial charge on any atom is -0.378 e. The van der Waals surface area contributed by atoms with Crippen LogP contribution in [-0.2, 0) is 11.3 Å². The van der Waals surface area contributed by atoms with Gasteiger partial charge in [0.1, 0.15) is 11.5 Å². The van der Waals surface area contributed by atoms with E-state index in [9.17, 15) is 0 Å². The van der Waals surface area contributed by atoms with Crippen LogP contribution >= 0.6 is 0 Å². The van der Waals surface area contributed by atoms with Crippen molar-refractivity contribution in [1.82, 2.24) is 24.1 Å². The Morgan fingerprint density at radius 2 is 1.93 bits per heavy atom. The molecular formula is C22H21N7O. The maximum absolute atomic E-state index is 8.81. The molecule has 1 aliphatic rings. The summed E-state index contributed by atoms with van der Waals surface area (Å²) in [5.41, 5.74) is 4.82. The highest BCUT2D eigenvalue weighted by molar-refractivity contribution is 5.70. The molecule has 0 aliphatic carbocycles. The zero-order valence-corrected chi connectivity index (χ0v) is 16.5. The number of benzene rings is 1. The van der Waals surface area contributed by atoms with Crippen molar-refractivity contribution in [1.29, 1.82) is 5.26 Å². The average molecular weight is 399 g/mol. The first-order valence-corrected chi connectivity index (χ1v) is 9.99. The van der Waals surface area contributed by atoms with Crippen LogP contribution in [0.2, 0.25) is 0 Å². The number of hydrogen-bond donors (Lipinski definition) is 0. The molecule has 8 nitrogen and oxygen atoms in total. The molecule has 1 aliphatic heterocycles. The number of rotatable bonds is 5. The molecule has 1 aromatic carbocycles. The number of fused-ring (bicyclic) bond motifs is 1. The van der Waals surface area contributed by atoms with E-state index in [0.29, 0.717) is 13.0 Å². The number of ether oxygens (including phenoxy) is 1. The summed E-state index contributed by atoms with van der Waals surface area (Å²) in [4.78, 5) is 11.7. The third-order valence-corrected chi connectivity index (χ3v) is 5.27. The molecule has 0 N–H and O–H groups in total. The SMILES string of the molecule is N#CCCn1cc(-c2nc(-c3ccc(N4CCOCC4)cc3)cc3nccn23)cn1. The Bertz CT molecular complexity index is 1200. The fourth-order valence-corrected chi connectivity index (χ4v) is 3.71. The number of aromatic nitrogens is 5. The van der Waals surface area contributed by atoms with Crippen LogP contribution in [0.1, 0.15) is 6.42 Å². The van der Waals surface area contributed by atoms with Crippen molar-refractivity contribution < 1.29 is 4.74 Å². The minimum absolute atomic E-state index is 0.421. The Morgan fingerprint density at radius 3 is 2.73 bits per heavy atom. The third-order valence-electron chi connectivity index (χ3n) is 5.27. The van der Waals surface area contributed by atoms with Gasteiger partial charge in [-0.2, -0.15) is 10.4 Å². The topological polar surface area (TPSA) is 84.3 Å². The molecule has 150 valence electrons. The van der Waals surface area contributed by atoms with Gasteiger partial charge in [-0.15, -0.1) is 0 Å². The molecule has 0 bridgehead atoms. The molecule has 0 radical (unpaired) electrons. The van der Waals surface area contributed by atoms with Gasteiger partial charge in [0.25, 0.3) is 0 Å². The van der Waals surface area contributed by atoms with Gasteiger partial charge in [0, 0.05) is 49.0 Å². The zero-order chi connectivity index (χ0) is 20.3. The van der Waals surface area contributed by atoms with E-state index in [1.165, 1.54) is 5.69 Å². The average Bonchev–Trinajstić information content (AvgIpc) is 3.47. The normalized spacial score (nSPS) is 14.2. The Hall–Kier alpha value is -3.70. The number of nitrogens with zero attached hydrogens (tertiary/aromatic N) is 7. The predicted molar refractivity (Wildman–Crippen MR) is 113 cm³/mol. The monoisotopic (exact) mass is 399 g/mol. The number of imidazole rings is 1. The van der Waals surface area contributed by atoms with Crippen LogP contribution < -0.4 is 4.90 Å². The van der Waals surface area contributed by atoms with Crippen molar-refractivity contribution in [2.75, 3.05) is 31.2 Å².